The molecule has 2 saturated carbocycles. The van der Waals surface area contributed by atoms with Crippen molar-refractivity contribution in [3.05, 3.63) is 23.8 Å². The molecule has 2 aliphatic rings. The van der Waals surface area contributed by atoms with E-state index in [-0.39, 0.29) is 17.5 Å². The Morgan fingerprint density at radius 2 is 1.75 bits per heavy atom. The topological polar surface area (TPSA) is 35.2 Å². The standard InChI is InChI=1S/C12H13F2NO/c13-11-9(15)1-2-10(12(11)14)16-8-4-6-3-7(6)5-8/h1-2,6-8H,3-5,15H2/t6-,7?,8?/m0/s1. The highest BCUT2D eigenvalue weighted by molar-refractivity contribution is 5.44. The monoisotopic (exact) mass is 225 g/mol. The van der Waals surface area contributed by atoms with E-state index in [0.717, 1.165) is 24.7 Å². The smallest absolute Gasteiger partial charge is 0.202 e. The van der Waals surface area contributed by atoms with Gasteiger partial charge < -0.3 is 10.5 Å². The van der Waals surface area contributed by atoms with E-state index in [1.54, 1.807) is 0 Å². The van der Waals surface area contributed by atoms with Crippen LogP contribution in [0.4, 0.5) is 14.5 Å². The van der Waals surface area contributed by atoms with Crippen molar-refractivity contribution in [1.29, 1.82) is 0 Å². The molecule has 86 valence electrons. The van der Waals surface area contributed by atoms with Crippen LogP contribution in [0.1, 0.15) is 19.3 Å². The van der Waals surface area contributed by atoms with Crippen molar-refractivity contribution in [2.24, 2.45) is 11.8 Å². The van der Waals surface area contributed by atoms with Crippen LogP contribution in [-0.2, 0) is 0 Å². The first-order valence-corrected chi connectivity index (χ1v) is 5.55. The van der Waals surface area contributed by atoms with Gasteiger partial charge in [-0.1, -0.05) is 0 Å². The van der Waals surface area contributed by atoms with Crippen LogP contribution >= 0.6 is 0 Å². The van der Waals surface area contributed by atoms with Gasteiger partial charge in [0.25, 0.3) is 0 Å². The number of fused-ring (bicyclic) bond motifs is 1. The third-order valence-electron chi connectivity index (χ3n) is 3.57. The Hall–Kier alpha value is -1.32. The lowest BCUT2D eigenvalue weighted by molar-refractivity contribution is 0.184. The summed E-state index contributed by atoms with van der Waals surface area (Å²) in [6, 6.07) is 2.74. The quantitative estimate of drug-likeness (QED) is 0.785. The lowest BCUT2D eigenvalue weighted by Gasteiger charge is -2.16. The molecular weight excluding hydrogens is 212 g/mol. The minimum Gasteiger partial charge on any atom is -0.487 e. The molecule has 0 aliphatic heterocycles. The molecule has 16 heavy (non-hydrogen) atoms. The molecule has 1 aromatic carbocycles. The number of halogens is 2. The Kier molecular flexibility index (Phi) is 2.06. The summed E-state index contributed by atoms with van der Waals surface area (Å²) in [7, 11) is 0. The first-order chi connectivity index (χ1) is 7.65. The van der Waals surface area contributed by atoms with Gasteiger partial charge in [0.1, 0.15) is 0 Å². The van der Waals surface area contributed by atoms with E-state index in [1.807, 2.05) is 0 Å². The molecule has 4 heteroatoms. The Balaban J connectivity index is 1.76. The number of benzene rings is 1. The maximum Gasteiger partial charge on any atom is 0.202 e. The van der Waals surface area contributed by atoms with Crippen LogP contribution in [0.2, 0.25) is 0 Å². The molecule has 0 saturated heterocycles. The maximum atomic E-state index is 13.4. The molecule has 2 aliphatic carbocycles. The van der Waals surface area contributed by atoms with E-state index in [4.69, 9.17) is 10.5 Å². The minimum absolute atomic E-state index is 0.0157. The Labute approximate surface area is 92.4 Å². The van der Waals surface area contributed by atoms with Gasteiger partial charge in [-0.2, -0.15) is 4.39 Å². The first kappa shape index (κ1) is 9.87. The third-order valence-corrected chi connectivity index (χ3v) is 3.57. The third kappa shape index (κ3) is 1.52. The van der Waals surface area contributed by atoms with Gasteiger partial charge in [-0.25, -0.2) is 4.39 Å². The predicted octanol–water partition coefficient (Wildman–Crippen LogP) is 2.72. The molecule has 2 nitrogen and oxygen atoms in total. The second-order valence-corrected chi connectivity index (χ2v) is 4.75. The highest BCUT2D eigenvalue weighted by Gasteiger charge is 2.47. The summed E-state index contributed by atoms with van der Waals surface area (Å²) < 4.78 is 32.1. The first-order valence-electron chi connectivity index (χ1n) is 5.55. The maximum absolute atomic E-state index is 13.4. The van der Waals surface area contributed by atoms with Crippen LogP contribution in [0.15, 0.2) is 12.1 Å². The fourth-order valence-electron chi connectivity index (χ4n) is 2.57. The molecule has 3 atom stereocenters. The van der Waals surface area contributed by atoms with Gasteiger partial charge in [0.05, 0.1) is 11.8 Å². The average molecular weight is 225 g/mol. The molecule has 0 spiro atoms. The van der Waals surface area contributed by atoms with Crippen LogP contribution < -0.4 is 10.5 Å². The molecule has 1 aromatic rings. The second kappa shape index (κ2) is 3.34. The average Bonchev–Trinajstić information content (AvgIpc) is 2.88. The van der Waals surface area contributed by atoms with Crippen molar-refractivity contribution >= 4 is 5.69 Å². The molecule has 0 radical (unpaired) electrons. The zero-order chi connectivity index (χ0) is 11.3. The van der Waals surface area contributed by atoms with E-state index in [9.17, 15) is 8.78 Å². The summed E-state index contributed by atoms with van der Waals surface area (Å²) in [5.41, 5.74) is 5.07. The predicted molar refractivity (Wildman–Crippen MR) is 56.0 cm³/mol. The van der Waals surface area contributed by atoms with Gasteiger partial charge >= 0.3 is 0 Å². The van der Waals surface area contributed by atoms with Crippen molar-refractivity contribution in [2.75, 3.05) is 5.73 Å². The summed E-state index contributed by atoms with van der Waals surface area (Å²) in [6.07, 6.45) is 3.26. The van der Waals surface area contributed by atoms with Crippen molar-refractivity contribution in [2.45, 2.75) is 25.4 Å². The Bertz CT molecular complexity index is 425. The van der Waals surface area contributed by atoms with E-state index in [1.165, 1.54) is 18.6 Å². The van der Waals surface area contributed by atoms with Crippen molar-refractivity contribution in [1.82, 2.24) is 0 Å². The number of anilines is 1. The lowest BCUT2D eigenvalue weighted by atomic mass is 10.2. The number of rotatable bonds is 2. The summed E-state index contributed by atoms with van der Waals surface area (Å²) in [6.45, 7) is 0. The van der Waals surface area contributed by atoms with Crippen molar-refractivity contribution < 1.29 is 13.5 Å². The number of hydrogen-bond acceptors (Lipinski definition) is 2. The van der Waals surface area contributed by atoms with E-state index >= 15 is 0 Å². The van der Waals surface area contributed by atoms with Gasteiger partial charge in [-0.05, 0) is 43.2 Å². The van der Waals surface area contributed by atoms with Crippen LogP contribution in [0, 0.1) is 23.5 Å². The fraction of sp³-hybridized carbons (Fsp3) is 0.500. The number of nitrogens with two attached hydrogens (primary N) is 1. The summed E-state index contributed by atoms with van der Waals surface area (Å²) >= 11 is 0. The fourth-order valence-corrected chi connectivity index (χ4v) is 2.57. The normalized spacial score (nSPS) is 31.2. The van der Waals surface area contributed by atoms with Crippen molar-refractivity contribution in [3.8, 4) is 5.75 Å². The molecule has 0 heterocycles. The summed E-state index contributed by atoms with van der Waals surface area (Å²) in [5.74, 6) is -0.488. The molecule has 2 fully saturated rings. The van der Waals surface area contributed by atoms with Gasteiger partial charge in [0.2, 0.25) is 5.82 Å². The molecule has 2 N–H and O–H groups in total. The largest absolute Gasteiger partial charge is 0.487 e. The number of nitrogen functional groups attached to an aromatic ring is 1. The van der Waals surface area contributed by atoms with Crippen LogP contribution in [0.25, 0.3) is 0 Å². The van der Waals surface area contributed by atoms with Crippen molar-refractivity contribution in [3.63, 3.8) is 0 Å². The minimum atomic E-state index is -1.01. The zero-order valence-corrected chi connectivity index (χ0v) is 8.75. The SMILES string of the molecule is Nc1ccc(OC2CC3C[C@H]3C2)c(F)c1F. The van der Waals surface area contributed by atoms with Gasteiger partial charge in [-0.3, -0.25) is 0 Å². The highest BCUT2D eigenvalue weighted by atomic mass is 19.2. The molecule has 2 unspecified atom stereocenters. The summed E-state index contributed by atoms with van der Waals surface area (Å²) in [4.78, 5) is 0. The number of hydrogen-bond donors (Lipinski definition) is 1. The zero-order valence-electron chi connectivity index (χ0n) is 8.75. The Morgan fingerprint density at radius 1 is 1.06 bits per heavy atom. The van der Waals surface area contributed by atoms with Gasteiger partial charge in [0, 0.05) is 0 Å². The molecular formula is C12H13F2NO. The van der Waals surface area contributed by atoms with E-state index < -0.39 is 11.6 Å². The van der Waals surface area contributed by atoms with Crippen LogP contribution in [0.5, 0.6) is 5.75 Å². The lowest BCUT2D eigenvalue weighted by Crippen LogP contribution is -2.15. The van der Waals surface area contributed by atoms with Crippen LogP contribution in [0.3, 0.4) is 0 Å². The molecule has 3 rings (SSSR count). The van der Waals surface area contributed by atoms with Gasteiger partial charge in [0.15, 0.2) is 11.6 Å². The van der Waals surface area contributed by atoms with Crippen LogP contribution in [-0.4, -0.2) is 6.10 Å². The molecule has 0 bridgehead atoms. The van der Waals surface area contributed by atoms with Gasteiger partial charge in [-0.15, -0.1) is 0 Å². The Morgan fingerprint density at radius 3 is 2.44 bits per heavy atom. The summed E-state index contributed by atoms with van der Waals surface area (Å²) in [5, 5.41) is 0. The second-order valence-electron chi connectivity index (χ2n) is 4.75. The van der Waals surface area contributed by atoms with E-state index in [0.29, 0.717) is 0 Å². The number of ether oxygens (including phenoxy) is 1. The molecule has 0 amide bonds. The van der Waals surface area contributed by atoms with E-state index in [2.05, 4.69) is 0 Å². The highest BCUT2D eigenvalue weighted by Crippen LogP contribution is 2.52. The molecule has 0 aromatic heterocycles.